The molecule has 3 heterocycles. The van der Waals surface area contributed by atoms with Gasteiger partial charge in [0, 0.05) is 23.0 Å². The molecule has 2 aromatic rings. The van der Waals surface area contributed by atoms with Gasteiger partial charge < -0.3 is 14.5 Å². The van der Waals surface area contributed by atoms with Crippen LogP contribution in [0.25, 0.3) is 0 Å². The highest BCUT2D eigenvalue weighted by molar-refractivity contribution is 5.98. The Kier molecular flexibility index (Phi) is 4.68. The fourth-order valence-electron chi connectivity index (χ4n) is 3.51. The van der Waals surface area contributed by atoms with Crippen LogP contribution in [-0.4, -0.2) is 39.9 Å². The average Bonchev–Trinajstić information content (AvgIpc) is 3.21. The van der Waals surface area contributed by atoms with Gasteiger partial charge in [0.25, 0.3) is 0 Å². The first-order chi connectivity index (χ1) is 11.0. The van der Waals surface area contributed by atoms with E-state index in [9.17, 15) is 9.90 Å². The Balaban J connectivity index is 1.62. The number of H-pyrrole nitrogens is 1. The molecular formula is C18H24N2O3. The lowest BCUT2D eigenvalue weighted by atomic mass is 10.0. The molecule has 0 radical (unpaired) electrons. The van der Waals surface area contributed by atoms with E-state index in [4.69, 9.17) is 4.42 Å². The summed E-state index contributed by atoms with van der Waals surface area (Å²) < 4.78 is 5.27. The Bertz CT molecular complexity index is 660. The van der Waals surface area contributed by atoms with Crippen molar-refractivity contribution in [2.75, 3.05) is 13.1 Å². The molecule has 0 aromatic carbocycles. The molecule has 3 rings (SSSR count). The molecule has 2 N–H and O–H groups in total. The Morgan fingerprint density at radius 1 is 1.52 bits per heavy atom. The van der Waals surface area contributed by atoms with Crippen LogP contribution in [0, 0.1) is 13.8 Å². The summed E-state index contributed by atoms with van der Waals surface area (Å²) >= 11 is 0. The quantitative estimate of drug-likeness (QED) is 0.804. The molecule has 5 heteroatoms. The van der Waals surface area contributed by atoms with Gasteiger partial charge in [-0.1, -0.05) is 0 Å². The molecule has 1 aliphatic rings. The molecule has 1 saturated heterocycles. The summed E-state index contributed by atoms with van der Waals surface area (Å²) in [5, 5.41) is 10.3. The van der Waals surface area contributed by atoms with Gasteiger partial charge in [-0.05, 0) is 57.9 Å². The molecule has 0 saturated carbocycles. The summed E-state index contributed by atoms with van der Waals surface area (Å²) in [4.78, 5) is 17.9. The van der Waals surface area contributed by atoms with E-state index in [0.717, 1.165) is 36.3 Å². The minimum absolute atomic E-state index is 0.145. The predicted octanol–water partition coefficient (Wildman–Crippen LogP) is 3.00. The lowest BCUT2D eigenvalue weighted by molar-refractivity contribution is 0.0827. The molecule has 0 spiro atoms. The highest BCUT2D eigenvalue weighted by Crippen LogP contribution is 2.28. The van der Waals surface area contributed by atoms with Crippen LogP contribution in [-0.2, 0) is 0 Å². The number of Topliss-reactive ketones (excluding diaryl/α,β-unsaturated/α-hetero) is 1. The van der Waals surface area contributed by atoms with Crippen molar-refractivity contribution in [3.8, 4) is 0 Å². The van der Waals surface area contributed by atoms with Crippen molar-refractivity contribution in [2.45, 2.75) is 45.3 Å². The van der Waals surface area contributed by atoms with Crippen LogP contribution in [0.2, 0.25) is 0 Å². The van der Waals surface area contributed by atoms with Crippen LogP contribution in [0.15, 0.2) is 28.9 Å². The lowest BCUT2D eigenvalue weighted by Crippen LogP contribution is -2.35. The molecule has 0 aliphatic carbocycles. The molecule has 124 valence electrons. The van der Waals surface area contributed by atoms with E-state index in [0.29, 0.717) is 18.7 Å². The van der Waals surface area contributed by atoms with Crippen LogP contribution in [0.5, 0.6) is 0 Å². The number of furan rings is 1. The zero-order valence-electron chi connectivity index (χ0n) is 13.7. The molecule has 23 heavy (non-hydrogen) atoms. The van der Waals surface area contributed by atoms with Gasteiger partial charge in [0.15, 0.2) is 5.78 Å². The minimum Gasteiger partial charge on any atom is -0.467 e. The van der Waals surface area contributed by atoms with Gasteiger partial charge in [0.05, 0.1) is 12.8 Å². The van der Waals surface area contributed by atoms with E-state index >= 15 is 0 Å². The van der Waals surface area contributed by atoms with Crippen LogP contribution in [0.4, 0.5) is 0 Å². The van der Waals surface area contributed by atoms with Crippen molar-refractivity contribution in [2.24, 2.45) is 0 Å². The average molecular weight is 316 g/mol. The fraction of sp³-hybridized carbons (Fsp3) is 0.500. The second kappa shape index (κ2) is 6.72. The number of nitrogens with one attached hydrogen (secondary N) is 1. The number of aliphatic hydroxyl groups is 1. The topological polar surface area (TPSA) is 69.5 Å². The Hall–Kier alpha value is -1.85. The number of carbonyl (C=O) groups is 1. The van der Waals surface area contributed by atoms with Crippen molar-refractivity contribution in [1.29, 1.82) is 0 Å². The maximum absolute atomic E-state index is 12.6. The zero-order chi connectivity index (χ0) is 16.4. The highest BCUT2D eigenvalue weighted by Gasteiger charge is 2.29. The van der Waals surface area contributed by atoms with E-state index in [1.807, 2.05) is 19.9 Å². The summed E-state index contributed by atoms with van der Waals surface area (Å²) in [6.07, 6.45) is 3.64. The lowest BCUT2D eigenvalue weighted by Gasteiger charge is -2.25. The van der Waals surface area contributed by atoms with E-state index in [1.54, 1.807) is 18.4 Å². The van der Waals surface area contributed by atoms with Gasteiger partial charge in [-0.15, -0.1) is 0 Å². The summed E-state index contributed by atoms with van der Waals surface area (Å²) in [6.45, 7) is 5.21. The second-order valence-electron chi connectivity index (χ2n) is 6.45. The third kappa shape index (κ3) is 3.57. The first-order valence-corrected chi connectivity index (χ1v) is 8.19. The van der Waals surface area contributed by atoms with Gasteiger partial charge >= 0.3 is 0 Å². The number of likely N-dealkylation sites (tertiary alicyclic amines) is 1. The zero-order valence-corrected chi connectivity index (χ0v) is 13.7. The number of aromatic nitrogens is 1. The SMILES string of the molecule is Cc1cc(C(=O)CN2CCCC2CC(O)c2ccco2)c(C)[nH]1. The number of aromatic amines is 1. The molecule has 0 bridgehead atoms. The first-order valence-electron chi connectivity index (χ1n) is 8.19. The van der Waals surface area contributed by atoms with Crippen molar-refractivity contribution in [3.05, 3.63) is 47.2 Å². The van der Waals surface area contributed by atoms with Crippen molar-refractivity contribution >= 4 is 5.78 Å². The summed E-state index contributed by atoms with van der Waals surface area (Å²) in [5.74, 6) is 0.742. The Morgan fingerprint density at radius 2 is 2.35 bits per heavy atom. The smallest absolute Gasteiger partial charge is 0.178 e. The number of aryl methyl sites for hydroxylation is 2. The third-order valence-electron chi connectivity index (χ3n) is 4.66. The van der Waals surface area contributed by atoms with Crippen molar-refractivity contribution < 1.29 is 14.3 Å². The number of carbonyl (C=O) groups excluding carboxylic acids is 1. The normalized spacial score (nSPS) is 20.0. The number of hydrogen-bond acceptors (Lipinski definition) is 4. The Labute approximate surface area is 136 Å². The first kappa shape index (κ1) is 16.0. The third-order valence-corrected chi connectivity index (χ3v) is 4.66. The van der Waals surface area contributed by atoms with Crippen LogP contribution >= 0.6 is 0 Å². The number of rotatable bonds is 6. The molecule has 2 aromatic heterocycles. The molecule has 1 aliphatic heterocycles. The van der Waals surface area contributed by atoms with Crippen LogP contribution in [0.3, 0.4) is 0 Å². The second-order valence-corrected chi connectivity index (χ2v) is 6.45. The Morgan fingerprint density at radius 3 is 3.00 bits per heavy atom. The number of nitrogens with zero attached hydrogens (tertiary/aromatic N) is 1. The van der Waals surface area contributed by atoms with E-state index < -0.39 is 6.10 Å². The summed E-state index contributed by atoms with van der Waals surface area (Å²) in [7, 11) is 0. The van der Waals surface area contributed by atoms with Crippen molar-refractivity contribution in [3.63, 3.8) is 0 Å². The largest absolute Gasteiger partial charge is 0.467 e. The summed E-state index contributed by atoms with van der Waals surface area (Å²) in [5.41, 5.74) is 2.72. The molecule has 2 unspecified atom stereocenters. The molecule has 5 nitrogen and oxygen atoms in total. The van der Waals surface area contributed by atoms with Gasteiger partial charge in [-0.3, -0.25) is 9.69 Å². The minimum atomic E-state index is -0.609. The van der Waals surface area contributed by atoms with E-state index in [-0.39, 0.29) is 11.8 Å². The molecule has 0 amide bonds. The molecule has 2 atom stereocenters. The van der Waals surface area contributed by atoms with Gasteiger partial charge in [0.1, 0.15) is 11.9 Å². The summed E-state index contributed by atoms with van der Waals surface area (Å²) in [6, 6.07) is 5.71. The highest BCUT2D eigenvalue weighted by atomic mass is 16.4. The standard InChI is InChI=1S/C18H24N2O3/c1-12-9-15(13(2)19-12)17(22)11-20-7-3-5-14(20)10-16(21)18-6-4-8-23-18/h4,6,8-9,14,16,19,21H,3,5,7,10-11H2,1-2H3. The number of aliphatic hydroxyl groups excluding tert-OH is 1. The van der Waals surface area contributed by atoms with Gasteiger partial charge in [-0.2, -0.15) is 0 Å². The maximum Gasteiger partial charge on any atom is 0.178 e. The van der Waals surface area contributed by atoms with E-state index in [2.05, 4.69) is 9.88 Å². The van der Waals surface area contributed by atoms with Gasteiger partial charge in [0.2, 0.25) is 0 Å². The van der Waals surface area contributed by atoms with Gasteiger partial charge in [-0.25, -0.2) is 0 Å². The van der Waals surface area contributed by atoms with Crippen molar-refractivity contribution in [1.82, 2.24) is 9.88 Å². The fourth-order valence-corrected chi connectivity index (χ4v) is 3.51. The van der Waals surface area contributed by atoms with Crippen LogP contribution in [0.1, 0.15) is 52.9 Å². The van der Waals surface area contributed by atoms with E-state index in [1.165, 1.54) is 0 Å². The predicted molar refractivity (Wildman–Crippen MR) is 87.5 cm³/mol. The number of ketones is 1. The van der Waals surface area contributed by atoms with Crippen LogP contribution < -0.4 is 0 Å². The maximum atomic E-state index is 12.6. The number of hydrogen-bond donors (Lipinski definition) is 2. The monoisotopic (exact) mass is 316 g/mol. The molecular weight excluding hydrogens is 292 g/mol. The molecule has 1 fully saturated rings.